The van der Waals surface area contributed by atoms with Crippen LogP contribution in [0.15, 0.2) is 12.1 Å². The molecule has 0 saturated heterocycles. The number of carbonyl (C=O) groups is 1. The molecule has 1 unspecified atom stereocenters. The van der Waals surface area contributed by atoms with Gasteiger partial charge >= 0.3 is 0 Å². The van der Waals surface area contributed by atoms with Crippen molar-refractivity contribution in [1.29, 1.82) is 0 Å². The summed E-state index contributed by atoms with van der Waals surface area (Å²) in [6.07, 6.45) is 8.31. The molecule has 0 spiro atoms. The SMILES string of the molecule is CC(NC(=O)c1ccc(Cl)s1)C12CC3CC(CC(C3)C1)C2. The highest BCUT2D eigenvalue weighted by atomic mass is 35.5. The summed E-state index contributed by atoms with van der Waals surface area (Å²) in [7, 11) is 0. The van der Waals surface area contributed by atoms with Gasteiger partial charge < -0.3 is 5.32 Å². The van der Waals surface area contributed by atoms with Gasteiger partial charge in [0.15, 0.2) is 0 Å². The van der Waals surface area contributed by atoms with Crippen LogP contribution >= 0.6 is 22.9 Å². The van der Waals surface area contributed by atoms with E-state index in [1.165, 1.54) is 49.9 Å². The predicted molar refractivity (Wildman–Crippen MR) is 86.9 cm³/mol. The third-order valence-corrected chi connectivity index (χ3v) is 7.38. The maximum absolute atomic E-state index is 12.4. The van der Waals surface area contributed by atoms with E-state index in [9.17, 15) is 4.79 Å². The quantitative estimate of drug-likeness (QED) is 0.855. The second-order valence-corrected chi connectivity index (χ2v) is 9.29. The largest absolute Gasteiger partial charge is 0.348 e. The highest BCUT2D eigenvalue weighted by Gasteiger charge is 2.53. The molecule has 4 heteroatoms. The molecule has 1 amide bonds. The van der Waals surface area contributed by atoms with Gasteiger partial charge in [-0.1, -0.05) is 11.6 Å². The monoisotopic (exact) mass is 323 g/mol. The van der Waals surface area contributed by atoms with Crippen molar-refractivity contribution >= 4 is 28.8 Å². The van der Waals surface area contributed by atoms with Crippen LogP contribution in [0.4, 0.5) is 0 Å². The van der Waals surface area contributed by atoms with Crippen LogP contribution in [0.1, 0.15) is 55.1 Å². The number of halogens is 1. The van der Waals surface area contributed by atoms with E-state index >= 15 is 0 Å². The van der Waals surface area contributed by atoms with E-state index in [0.717, 1.165) is 22.6 Å². The first kappa shape index (κ1) is 14.1. The maximum Gasteiger partial charge on any atom is 0.261 e. The Morgan fingerprint density at radius 1 is 1.24 bits per heavy atom. The molecule has 4 fully saturated rings. The highest BCUT2D eigenvalue weighted by Crippen LogP contribution is 2.61. The first-order valence-electron chi connectivity index (χ1n) is 8.10. The van der Waals surface area contributed by atoms with Crippen molar-refractivity contribution in [3.05, 3.63) is 21.3 Å². The fourth-order valence-electron chi connectivity index (χ4n) is 5.57. The molecule has 114 valence electrons. The van der Waals surface area contributed by atoms with Crippen LogP contribution in [0, 0.1) is 23.2 Å². The van der Waals surface area contributed by atoms with Gasteiger partial charge in [-0.3, -0.25) is 4.79 Å². The predicted octanol–water partition coefficient (Wildman–Crippen LogP) is 4.74. The van der Waals surface area contributed by atoms with Gasteiger partial charge in [-0.05, 0) is 80.8 Å². The summed E-state index contributed by atoms with van der Waals surface area (Å²) in [4.78, 5) is 13.1. The number of thiophene rings is 1. The van der Waals surface area contributed by atoms with Gasteiger partial charge in [0.25, 0.3) is 5.91 Å². The third kappa shape index (κ3) is 2.43. The summed E-state index contributed by atoms with van der Waals surface area (Å²) >= 11 is 7.30. The Labute approximate surface area is 135 Å². The second kappa shape index (κ2) is 4.99. The summed E-state index contributed by atoms with van der Waals surface area (Å²) in [5.41, 5.74) is 0.367. The molecule has 1 N–H and O–H groups in total. The van der Waals surface area contributed by atoms with E-state index in [1.54, 1.807) is 6.07 Å². The Hall–Kier alpha value is -0.540. The molecule has 1 aromatic rings. The summed E-state index contributed by atoms with van der Waals surface area (Å²) < 4.78 is 0.683. The van der Waals surface area contributed by atoms with E-state index in [0.29, 0.717) is 9.75 Å². The Morgan fingerprint density at radius 2 is 1.81 bits per heavy atom. The van der Waals surface area contributed by atoms with E-state index in [4.69, 9.17) is 11.6 Å². The zero-order chi connectivity index (χ0) is 14.6. The lowest BCUT2D eigenvalue weighted by Crippen LogP contribution is -2.55. The molecule has 4 aliphatic rings. The highest BCUT2D eigenvalue weighted by molar-refractivity contribution is 7.17. The van der Waals surface area contributed by atoms with Crippen LogP contribution in [0.3, 0.4) is 0 Å². The van der Waals surface area contributed by atoms with E-state index in [1.807, 2.05) is 6.07 Å². The topological polar surface area (TPSA) is 29.1 Å². The summed E-state index contributed by atoms with van der Waals surface area (Å²) in [5, 5.41) is 3.28. The molecule has 1 atom stereocenters. The zero-order valence-electron chi connectivity index (χ0n) is 12.4. The summed E-state index contributed by atoms with van der Waals surface area (Å²) in [6.45, 7) is 2.22. The van der Waals surface area contributed by atoms with Crippen LogP contribution in [0.2, 0.25) is 4.34 Å². The molecule has 0 aliphatic heterocycles. The van der Waals surface area contributed by atoms with E-state index < -0.39 is 0 Å². The summed E-state index contributed by atoms with van der Waals surface area (Å²) in [6, 6.07) is 3.91. The normalized spacial score (nSPS) is 38.5. The Bertz CT molecular complexity index is 532. The molecule has 0 radical (unpaired) electrons. The molecule has 1 aromatic heterocycles. The van der Waals surface area contributed by atoms with Crippen molar-refractivity contribution in [2.75, 3.05) is 0 Å². The third-order valence-electron chi connectivity index (χ3n) is 6.15. The average Bonchev–Trinajstić information content (AvgIpc) is 2.84. The number of rotatable bonds is 3. The minimum absolute atomic E-state index is 0.0511. The van der Waals surface area contributed by atoms with Gasteiger partial charge in [0.2, 0.25) is 0 Å². The van der Waals surface area contributed by atoms with Crippen molar-refractivity contribution in [3.63, 3.8) is 0 Å². The van der Waals surface area contributed by atoms with Gasteiger partial charge in [-0.2, -0.15) is 0 Å². The fourth-order valence-corrected chi connectivity index (χ4v) is 6.51. The molecular formula is C17H22ClNOS. The Morgan fingerprint density at radius 3 is 2.29 bits per heavy atom. The molecule has 4 saturated carbocycles. The standard InChI is InChI=1S/C17H22ClNOS/c1-10(19-16(20)14-2-3-15(18)21-14)17-7-11-4-12(8-17)6-13(5-11)9-17/h2-3,10-13H,4-9H2,1H3,(H,19,20). The van der Waals surface area contributed by atoms with Crippen molar-refractivity contribution < 1.29 is 4.79 Å². The molecule has 2 nitrogen and oxygen atoms in total. The molecular weight excluding hydrogens is 302 g/mol. The van der Waals surface area contributed by atoms with Crippen LogP contribution < -0.4 is 5.32 Å². The zero-order valence-corrected chi connectivity index (χ0v) is 14.0. The molecule has 0 aromatic carbocycles. The minimum atomic E-state index is 0.0511. The van der Waals surface area contributed by atoms with Crippen molar-refractivity contribution in [1.82, 2.24) is 5.32 Å². The maximum atomic E-state index is 12.4. The first-order chi connectivity index (χ1) is 10.0. The van der Waals surface area contributed by atoms with Gasteiger partial charge in [-0.25, -0.2) is 0 Å². The minimum Gasteiger partial charge on any atom is -0.348 e. The number of carbonyl (C=O) groups excluding carboxylic acids is 1. The lowest BCUT2D eigenvalue weighted by atomic mass is 9.48. The molecule has 5 rings (SSSR count). The van der Waals surface area contributed by atoms with E-state index in [2.05, 4.69) is 12.2 Å². The van der Waals surface area contributed by atoms with E-state index in [-0.39, 0.29) is 11.9 Å². The van der Waals surface area contributed by atoms with Crippen molar-refractivity contribution in [2.24, 2.45) is 23.2 Å². The number of hydrogen-bond donors (Lipinski definition) is 1. The van der Waals surface area contributed by atoms with Crippen LogP contribution in [0.5, 0.6) is 0 Å². The lowest BCUT2D eigenvalue weighted by molar-refractivity contribution is -0.0687. The molecule has 21 heavy (non-hydrogen) atoms. The smallest absolute Gasteiger partial charge is 0.261 e. The number of nitrogens with one attached hydrogen (secondary N) is 1. The van der Waals surface area contributed by atoms with Gasteiger partial charge in [0, 0.05) is 6.04 Å². The fraction of sp³-hybridized carbons (Fsp3) is 0.706. The second-order valence-electron chi connectivity index (χ2n) is 7.58. The summed E-state index contributed by atoms with van der Waals surface area (Å²) in [5.74, 6) is 2.82. The number of amides is 1. The van der Waals surface area contributed by atoms with Gasteiger partial charge in [0.1, 0.15) is 0 Å². The number of hydrogen-bond acceptors (Lipinski definition) is 2. The van der Waals surface area contributed by atoms with Gasteiger partial charge in [-0.15, -0.1) is 11.3 Å². The van der Waals surface area contributed by atoms with Crippen molar-refractivity contribution in [3.8, 4) is 0 Å². The molecule has 4 bridgehead atoms. The average molecular weight is 324 g/mol. The molecule has 1 heterocycles. The van der Waals surface area contributed by atoms with Crippen molar-refractivity contribution in [2.45, 2.75) is 51.5 Å². The van der Waals surface area contributed by atoms with Crippen LogP contribution in [0.25, 0.3) is 0 Å². The molecule has 4 aliphatic carbocycles. The van der Waals surface area contributed by atoms with Crippen LogP contribution in [-0.2, 0) is 0 Å². The Balaban J connectivity index is 1.50. The Kier molecular flexibility index (Phi) is 3.34. The van der Waals surface area contributed by atoms with Crippen LogP contribution in [-0.4, -0.2) is 11.9 Å². The lowest BCUT2D eigenvalue weighted by Gasteiger charge is -2.59. The first-order valence-corrected chi connectivity index (χ1v) is 9.30. The van der Waals surface area contributed by atoms with Gasteiger partial charge in [0.05, 0.1) is 9.21 Å².